The molecule has 0 spiro atoms. The van der Waals surface area contributed by atoms with Crippen molar-refractivity contribution in [1.82, 2.24) is 0 Å². The maximum absolute atomic E-state index is 10.1. The maximum atomic E-state index is 10.1. The van der Waals surface area contributed by atoms with Crippen molar-refractivity contribution in [2.45, 2.75) is 6.10 Å². The fraction of sp³-hybridized carbons (Fsp3) is 0.125. The normalized spacial score (nSPS) is 12.5. The first-order valence-electron chi connectivity index (χ1n) is 3.16. The van der Waals surface area contributed by atoms with E-state index in [9.17, 15) is 4.79 Å². The molecule has 0 fully saturated rings. The van der Waals surface area contributed by atoms with Gasteiger partial charge in [-0.3, -0.25) is 0 Å². The Bertz CT molecular complexity index is 240. The van der Waals surface area contributed by atoms with Crippen LogP contribution in [-0.2, 0) is 4.79 Å². The highest BCUT2D eigenvalue weighted by Crippen LogP contribution is 2.14. The van der Waals surface area contributed by atoms with Gasteiger partial charge in [0.2, 0.25) is 0 Å². The molecule has 1 aromatic carbocycles. The Morgan fingerprint density at radius 1 is 1.27 bits per heavy atom. The van der Waals surface area contributed by atoms with E-state index in [1.54, 1.807) is 0 Å². The van der Waals surface area contributed by atoms with Gasteiger partial charge in [0, 0.05) is 0 Å². The van der Waals surface area contributed by atoms with Crippen molar-refractivity contribution in [3.8, 4) is 5.75 Å². The summed E-state index contributed by atoms with van der Waals surface area (Å²) >= 11 is 0. The van der Waals surface area contributed by atoms with Crippen molar-refractivity contribution < 1.29 is 15.0 Å². The Labute approximate surface area is 63.9 Å². The molecular formula is C8H8O3. The minimum Gasteiger partial charge on any atom is -0.508 e. The highest BCUT2D eigenvalue weighted by molar-refractivity contribution is 5.59. The number of aromatic hydroxyl groups is 1. The van der Waals surface area contributed by atoms with E-state index in [2.05, 4.69) is 0 Å². The molecule has 0 saturated carbocycles. The van der Waals surface area contributed by atoms with Gasteiger partial charge in [-0.2, -0.15) is 0 Å². The molecule has 1 unspecified atom stereocenters. The Hall–Kier alpha value is -1.35. The van der Waals surface area contributed by atoms with E-state index in [-0.39, 0.29) is 5.75 Å². The number of aliphatic hydroxyl groups excluding tert-OH is 1. The molecule has 0 aliphatic carbocycles. The number of rotatable bonds is 2. The zero-order valence-electron chi connectivity index (χ0n) is 5.77. The van der Waals surface area contributed by atoms with Crippen molar-refractivity contribution in [3.63, 3.8) is 0 Å². The fourth-order valence-corrected chi connectivity index (χ4v) is 0.750. The third-order valence-electron chi connectivity index (χ3n) is 1.36. The first kappa shape index (κ1) is 7.75. The van der Waals surface area contributed by atoms with Gasteiger partial charge in [0.25, 0.3) is 0 Å². The highest BCUT2D eigenvalue weighted by Gasteiger charge is 2.03. The number of aliphatic hydroxyl groups is 1. The van der Waals surface area contributed by atoms with Crippen molar-refractivity contribution in [2.24, 2.45) is 0 Å². The molecule has 0 aliphatic heterocycles. The van der Waals surface area contributed by atoms with Gasteiger partial charge >= 0.3 is 0 Å². The van der Waals surface area contributed by atoms with E-state index in [0.29, 0.717) is 11.8 Å². The molecule has 0 radical (unpaired) electrons. The molecule has 0 saturated heterocycles. The van der Waals surface area contributed by atoms with Gasteiger partial charge in [-0.05, 0) is 17.7 Å². The number of hydrogen-bond donors (Lipinski definition) is 2. The number of aldehydes is 1. The number of hydrogen-bond acceptors (Lipinski definition) is 3. The van der Waals surface area contributed by atoms with Crippen LogP contribution in [0.2, 0.25) is 0 Å². The Kier molecular flexibility index (Phi) is 2.23. The van der Waals surface area contributed by atoms with E-state index in [1.807, 2.05) is 0 Å². The largest absolute Gasteiger partial charge is 0.508 e. The summed E-state index contributed by atoms with van der Waals surface area (Å²) in [7, 11) is 0. The van der Waals surface area contributed by atoms with Gasteiger partial charge in [0.05, 0.1) is 0 Å². The molecule has 1 rings (SSSR count). The Balaban J connectivity index is 2.89. The fourth-order valence-electron chi connectivity index (χ4n) is 0.750. The van der Waals surface area contributed by atoms with Crippen LogP contribution in [0.15, 0.2) is 24.3 Å². The number of benzene rings is 1. The standard InChI is InChI=1S/C8H8O3/c9-5-8(11)6-1-3-7(10)4-2-6/h1-5,8,10-11H. The van der Waals surface area contributed by atoms with Crippen LogP contribution in [0.4, 0.5) is 0 Å². The van der Waals surface area contributed by atoms with E-state index in [4.69, 9.17) is 10.2 Å². The average molecular weight is 152 g/mol. The molecule has 3 heteroatoms. The lowest BCUT2D eigenvalue weighted by Crippen LogP contribution is -1.96. The Morgan fingerprint density at radius 2 is 1.82 bits per heavy atom. The number of phenols is 1. The predicted molar refractivity (Wildman–Crippen MR) is 39.1 cm³/mol. The highest BCUT2D eigenvalue weighted by atomic mass is 16.3. The van der Waals surface area contributed by atoms with Gasteiger partial charge in [-0.1, -0.05) is 12.1 Å². The lowest BCUT2D eigenvalue weighted by molar-refractivity contribution is -0.115. The molecular weight excluding hydrogens is 144 g/mol. The number of carbonyl (C=O) groups excluding carboxylic acids is 1. The van der Waals surface area contributed by atoms with Crippen molar-refractivity contribution in [1.29, 1.82) is 0 Å². The van der Waals surface area contributed by atoms with Gasteiger partial charge in [0.15, 0.2) is 6.29 Å². The first-order chi connectivity index (χ1) is 5.24. The molecule has 0 amide bonds. The smallest absolute Gasteiger partial charge is 0.153 e. The minimum atomic E-state index is -1.09. The quantitative estimate of drug-likeness (QED) is 0.611. The SMILES string of the molecule is O=CC(O)c1ccc(O)cc1. The number of phenolic OH excluding ortho intramolecular Hbond substituents is 1. The number of carbonyl (C=O) groups is 1. The molecule has 2 N–H and O–H groups in total. The Morgan fingerprint density at radius 3 is 2.27 bits per heavy atom. The van der Waals surface area contributed by atoms with Crippen molar-refractivity contribution >= 4 is 6.29 Å². The molecule has 0 bridgehead atoms. The van der Waals surface area contributed by atoms with Gasteiger partial charge < -0.3 is 15.0 Å². The minimum absolute atomic E-state index is 0.117. The lowest BCUT2D eigenvalue weighted by atomic mass is 10.1. The molecule has 0 heterocycles. The molecule has 1 aromatic rings. The van der Waals surface area contributed by atoms with Gasteiger partial charge in [-0.15, -0.1) is 0 Å². The molecule has 0 aromatic heterocycles. The topological polar surface area (TPSA) is 57.5 Å². The van der Waals surface area contributed by atoms with Crippen LogP contribution in [0, 0.1) is 0 Å². The summed E-state index contributed by atoms with van der Waals surface area (Å²) in [4.78, 5) is 10.1. The summed E-state index contributed by atoms with van der Waals surface area (Å²) in [6, 6.07) is 5.83. The van der Waals surface area contributed by atoms with Gasteiger partial charge in [0.1, 0.15) is 11.9 Å². The van der Waals surface area contributed by atoms with E-state index >= 15 is 0 Å². The van der Waals surface area contributed by atoms with Crippen LogP contribution in [0.25, 0.3) is 0 Å². The van der Waals surface area contributed by atoms with Crippen molar-refractivity contribution in [2.75, 3.05) is 0 Å². The molecule has 1 atom stereocenters. The molecule has 11 heavy (non-hydrogen) atoms. The average Bonchev–Trinajstić information content (AvgIpc) is 2.05. The van der Waals surface area contributed by atoms with E-state index < -0.39 is 6.10 Å². The lowest BCUT2D eigenvalue weighted by Gasteiger charge is -2.01. The molecule has 58 valence electrons. The van der Waals surface area contributed by atoms with Crippen LogP contribution in [0.1, 0.15) is 11.7 Å². The van der Waals surface area contributed by atoms with Crippen molar-refractivity contribution in [3.05, 3.63) is 29.8 Å². The predicted octanol–water partition coefficient (Wildman–Crippen LogP) is 0.625. The van der Waals surface area contributed by atoms with E-state index in [0.717, 1.165) is 0 Å². The summed E-state index contributed by atoms with van der Waals surface area (Å²) < 4.78 is 0. The zero-order chi connectivity index (χ0) is 8.27. The summed E-state index contributed by atoms with van der Waals surface area (Å²) in [6.07, 6.45) is -0.651. The van der Waals surface area contributed by atoms with Crippen LogP contribution in [0.5, 0.6) is 5.75 Å². The first-order valence-corrected chi connectivity index (χ1v) is 3.16. The third-order valence-corrected chi connectivity index (χ3v) is 1.36. The monoisotopic (exact) mass is 152 g/mol. The zero-order valence-corrected chi connectivity index (χ0v) is 5.77. The summed E-state index contributed by atoms with van der Waals surface area (Å²) in [5, 5.41) is 17.8. The molecule has 0 aliphatic rings. The van der Waals surface area contributed by atoms with Crippen LogP contribution in [0.3, 0.4) is 0 Å². The second-order valence-corrected chi connectivity index (χ2v) is 2.17. The van der Waals surface area contributed by atoms with Crippen LogP contribution >= 0.6 is 0 Å². The van der Waals surface area contributed by atoms with Crippen LogP contribution < -0.4 is 0 Å². The second-order valence-electron chi connectivity index (χ2n) is 2.17. The second kappa shape index (κ2) is 3.16. The van der Waals surface area contributed by atoms with Crippen LogP contribution in [-0.4, -0.2) is 16.5 Å². The maximum Gasteiger partial charge on any atom is 0.153 e. The van der Waals surface area contributed by atoms with Gasteiger partial charge in [-0.25, -0.2) is 0 Å². The summed E-state index contributed by atoms with van der Waals surface area (Å²) in [5.41, 5.74) is 0.484. The summed E-state index contributed by atoms with van der Waals surface area (Å²) in [6.45, 7) is 0. The third kappa shape index (κ3) is 1.78. The van der Waals surface area contributed by atoms with E-state index in [1.165, 1.54) is 24.3 Å². The summed E-state index contributed by atoms with van der Waals surface area (Å²) in [5.74, 6) is 0.117. The molecule has 3 nitrogen and oxygen atoms in total.